The van der Waals surface area contributed by atoms with E-state index < -0.39 is 0 Å². The highest BCUT2D eigenvalue weighted by Gasteiger charge is 2.34. The molecule has 1 aliphatic heterocycles. The number of hydrogen-bond donors (Lipinski definition) is 3. The average Bonchev–Trinajstić information content (AvgIpc) is 3.23. The van der Waals surface area contributed by atoms with Crippen molar-refractivity contribution in [1.29, 1.82) is 0 Å². The maximum atomic E-state index is 12.1. The topological polar surface area (TPSA) is 134 Å². The molecule has 0 spiro atoms. The van der Waals surface area contributed by atoms with Gasteiger partial charge in [0, 0.05) is 39.1 Å². The van der Waals surface area contributed by atoms with Gasteiger partial charge in [-0.15, -0.1) is 10.2 Å². The molecular weight excluding hydrogens is 362 g/mol. The predicted molar refractivity (Wildman–Crippen MR) is 95.9 cm³/mol. The molecule has 0 aromatic carbocycles. The standard InChI is InChI=1S/C14H23N5O3S.CH2O2/c1-9(2)19-6-10(11(7-19)22-3)16-12(20)4-5-13(21)17-14-18-15-8-23-14;2-1-3/h8-11H,4-7H2,1-3H3,(H,16,20)(H,17,18,21);1H,(H,2,3)/t10-,11-;/m0./s1. The zero-order valence-corrected chi connectivity index (χ0v) is 15.9. The predicted octanol–water partition coefficient (Wildman–Crippen LogP) is 0.181. The summed E-state index contributed by atoms with van der Waals surface area (Å²) in [4.78, 5) is 34.4. The highest BCUT2D eigenvalue weighted by atomic mass is 32.1. The molecule has 3 N–H and O–H groups in total. The number of anilines is 1. The molecule has 2 atom stereocenters. The summed E-state index contributed by atoms with van der Waals surface area (Å²) < 4.78 is 5.45. The minimum Gasteiger partial charge on any atom is -0.483 e. The van der Waals surface area contributed by atoms with Crippen molar-refractivity contribution in [3.8, 4) is 0 Å². The van der Waals surface area contributed by atoms with Crippen LogP contribution in [0.1, 0.15) is 26.7 Å². The van der Waals surface area contributed by atoms with Gasteiger partial charge < -0.3 is 20.5 Å². The Morgan fingerprint density at radius 2 is 2.08 bits per heavy atom. The van der Waals surface area contributed by atoms with E-state index >= 15 is 0 Å². The van der Waals surface area contributed by atoms with Crippen LogP contribution in [0.2, 0.25) is 0 Å². The summed E-state index contributed by atoms with van der Waals surface area (Å²) in [5.41, 5.74) is 1.54. The van der Waals surface area contributed by atoms with Crippen molar-refractivity contribution in [1.82, 2.24) is 20.4 Å². The summed E-state index contributed by atoms with van der Waals surface area (Å²) in [6.45, 7) is 5.55. The summed E-state index contributed by atoms with van der Waals surface area (Å²) in [6.07, 6.45) is 0.236. The van der Waals surface area contributed by atoms with Crippen LogP contribution in [0.4, 0.5) is 5.13 Å². The second kappa shape index (κ2) is 11.5. The van der Waals surface area contributed by atoms with E-state index in [1.807, 2.05) is 0 Å². The number of hydrogen-bond acceptors (Lipinski definition) is 8. The van der Waals surface area contributed by atoms with Gasteiger partial charge in [0.1, 0.15) is 5.51 Å². The molecule has 2 heterocycles. The van der Waals surface area contributed by atoms with Gasteiger partial charge in [-0.3, -0.25) is 19.3 Å². The molecule has 1 fully saturated rings. The number of methoxy groups -OCH3 is 1. The number of nitrogens with zero attached hydrogens (tertiary/aromatic N) is 3. The third-order valence-corrected chi connectivity index (χ3v) is 4.47. The Balaban J connectivity index is 0.00000105. The molecule has 10 nitrogen and oxygen atoms in total. The molecule has 1 aromatic heterocycles. The second-order valence-electron chi connectivity index (χ2n) is 5.89. The molecule has 0 radical (unpaired) electrons. The normalized spacial score (nSPS) is 19.5. The van der Waals surface area contributed by atoms with Crippen molar-refractivity contribution in [2.75, 3.05) is 25.5 Å². The zero-order chi connectivity index (χ0) is 19.5. The summed E-state index contributed by atoms with van der Waals surface area (Å²) in [5, 5.41) is 20.3. The first-order chi connectivity index (χ1) is 12.4. The molecule has 0 aliphatic carbocycles. The highest BCUT2D eigenvalue weighted by molar-refractivity contribution is 7.13. The van der Waals surface area contributed by atoms with Crippen molar-refractivity contribution >= 4 is 34.8 Å². The van der Waals surface area contributed by atoms with E-state index in [0.29, 0.717) is 11.2 Å². The number of nitrogens with one attached hydrogen (secondary N) is 2. The maximum absolute atomic E-state index is 12.1. The SMILES string of the molecule is CO[C@H]1CN(C(C)C)C[C@@H]1NC(=O)CCC(=O)Nc1nncs1.O=CO. The van der Waals surface area contributed by atoms with Gasteiger partial charge in [0.05, 0.1) is 12.1 Å². The average molecular weight is 387 g/mol. The van der Waals surface area contributed by atoms with Crippen LogP contribution in [0.5, 0.6) is 0 Å². The van der Waals surface area contributed by atoms with Crippen LogP contribution in [-0.2, 0) is 19.1 Å². The van der Waals surface area contributed by atoms with Crippen LogP contribution in [-0.4, -0.2) is 76.9 Å². The fourth-order valence-electron chi connectivity index (χ4n) is 2.52. The largest absolute Gasteiger partial charge is 0.483 e. The summed E-state index contributed by atoms with van der Waals surface area (Å²) >= 11 is 1.24. The van der Waals surface area contributed by atoms with Crippen LogP contribution in [0.25, 0.3) is 0 Å². The van der Waals surface area contributed by atoms with Crippen molar-refractivity contribution in [3.63, 3.8) is 0 Å². The Bertz CT molecular complexity index is 569. The van der Waals surface area contributed by atoms with Crippen LogP contribution in [0.3, 0.4) is 0 Å². The third-order valence-electron chi connectivity index (χ3n) is 3.86. The lowest BCUT2D eigenvalue weighted by Crippen LogP contribution is -2.43. The van der Waals surface area contributed by atoms with Gasteiger partial charge >= 0.3 is 0 Å². The van der Waals surface area contributed by atoms with Crippen molar-refractivity contribution in [3.05, 3.63) is 5.51 Å². The minimum atomic E-state index is -0.250. The molecule has 2 amide bonds. The molecule has 1 saturated heterocycles. The van der Waals surface area contributed by atoms with Gasteiger partial charge in [-0.2, -0.15) is 0 Å². The number of amides is 2. The molecule has 1 aromatic rings. The first-order valence-electron chi connectivity index (χ1n) is 8.11. The fraction of sp³-hybridized carbons (Fsp3) is 0.667. The van der Waals surface area contributed by atoms with E-state index in [-0.39, 0.29) is 43.3 Å². The Kier molecular flexibility index (Phi) is 9.70. The van der Waals surface area contributed by atoms with Crippen LogP contribution >= 0.6 is 11.3 Å². The summed E-state index contributed by atoms with van der Waals surface area (Å²) in [5.74, 6) is -0.384. The highest BCUT2D eigenvalue weighted by Crippen LogP contribution is 2.16. The first kappa shape index (κ1) is 21.9. The van der Waals surface area contributed by atoms with Crippen molar-refractivity contribution < 1.29 is 24.2 Å². The van der Waals surface area contributed by atoms with E-state index in [0.717, 1.165) is 13.1 Å². The van der Waals surface area contributed by atoms with Gasteiger partial charge in [-0.05, 0) is 13.8 Å². The van der Waals surface area contributed by atoms with Crippen molar-refractivity contribution in [2.45, 2.75) is 44.9 Å². The van der Waals surface area contributed by atoms with E-state index in [4.69, 9.17) is 14.6 Å². The summed E-state index contributed by atoms with van der Waals surface area (Å²) in [7, 11) is 1.66. The van der Waals surface area contributed by atoms with Gasteiger partial charge in [-0.25, -0.2) is 0 Å². The fourth-order valence-corrected chi connectivity index (χ4v) is 2.98. The Morgan fingerprint density at radius 1 is 1.42 bits per heavy atom. The van der Waals surface area contributed by atoms with E-state index in [1.54, 1.807) is 7.11 Å². The van der Waals surface area contributed by atoms with Gasteiger partial charge in [0.2, 0.25) is 16.9 Å². The van der Waals surface area contributed by atoms with Gasteiger partial charge in [0.25, 0.3) is 6.47 Å². The van der Waals surface area contributed by atoms with Crippen LogP contribution in [0.15, 0.2) is 5.51 Å². The molecule has 26 heavy (non-hydrogen) atoms. The quantitative estimate of drug-likeness (QED) is 0.564. The molecule has 11 heteroatoms. The lowest BCUT2D eigenvalue weighted by atomic mass is 10.2. The number of likely N-dealkylation sites (tertiary alicyclic amines) is 1. The molecule has 0 saturated carbocycles. The number of aromatic nitrogens is 2. The lowest BCUT2D eigenvalue weighted by Gasteiger charge is -2.20. The first-order valence-corrected chi connectivity index (χ1v) is 8.99. The molecule has 0 unspecified atom stereocenters. The number of carbonyl (C=O) groups is 3. The monoisotopic (exact) mass is 387 g/mol. The smallest absolute Gasteiger partial charge is 0.290 e. The minimum absolute atomic E-state index is 0.0171. The Hall–Kier alpha value is -2.11. The van der Waals surface area contributed by atoms with Crippen LogP contribution < -0.4 is 10.6 Å². The molecular formula is C15H25N5O5S. The van der Waals surface area contributed by atoms with Gasteiger partial charge in [-0.1, -0.05) is 11.3 Å². The molecule has 2 rings (SSSR count). The third kappa shape index (κ3) is 7.42. The Morgan fingerprint density at radius 3 is 2.62 bits per heavy atom. The van der Waals surface area contributed by atoms with E-state index in [1.165, 1.54) is 16.8 Å². The number of carbonyl (C=O) groups excluding carboxylic acids is 2. The number of rotatable bonds is 7. The summed E-state index contributed by atoms with van der Waals surface area (Å²) in [6, 6.07) is 0.369. The number of ether oxygens (including phenoxy) is 1. The van der Waals surface area contributed by atoms with E-state index in [9.17, 15) is 9.59 Å². The van der Waals surface area contributed by atoms with Crippen molar-refractivity contribution in [2.24, 2.45) is 0 Å². The van der Waals surface area contributed by atoms with E-state index in [2.05, 4.69) is 39.6 Å². The number of carboxylic acid groups (broad SMARTS) is 1. The molecule has 146 valence electrons. The molecule has 0 bridgehead atoms. The Labute approximate surface area is 155 Å². The second-order valence-corrected chi connectivity index (χ2v) is 6.73. The van der Waals surface area contributed by atoms with Gasteiger partial charge in [0.15, 0.2) is 0 Å². The maximum Gasteiger partial charge on any atom is 0.290 e. The lowest BCUT2D eigenvalue weighted by molar-refractivity contribution is -0.125. The molecule has 1 aliphatic rings. The van der Waals surface area contributed by atoms with Crippen LogP contribution in [0, 0.1) is 0 Å². The zero-order valence-electron chi connectivity index (χ0n) is 15.0.